The van der Waals surface area contributed by atoms with E-state index in [4.69, 9.17) is 4.74 Å². The first kappa shape index (κ1) is 10.1. The molecule has 0 saturated heterocycles. The first-order valence-corrected chi connectivity index (χ1v) is 4.64. The predicted octanol–water partition coefficient (Wildman–Crippen LogP) is 0.759. The van der Waals surface area contributed by atoms with Gasteiger partial charge in [-0.15, -0.1) is 5.10 Å². The standard InChI is InChI=1S/C7H11N3O2S/c1-5(3-12-2)7(11)8-6-4-13-10-9-6/h4-5H,3H2,1-2H3,(H,8,11). The fourth-order valence-electron chi connectivity index (χ4n) is 0.794. The van der Waals surface area contributed by atoms with Crippen LogP contribution in [0.1, 0.15) is 6.92 Å². The third-order valence-electron chi connectivity index (χ3n) is 1.48. The number of nitrogens with one attached hydrogen (secondary N) is 1. The van der Waals surface area contributed by atoms with Crippen molar-refractivity contribution in [3.05, 3.63) is 5.38 Å². The summed E-state index contributed by atoms with van der Waals surface area (Å²) < 4.78 is 8.48. The van der Waals surface area contributed by atoms with E-state index in [1.165, 1.54) is 11.5 Å². The number of amides is 1. The summed E-state index contributed by atoms with van der Waals surface area (Å²) in [7, 11) is 1.56. The Kier molecular flexibility index (Phi) is 3.78. The van der Waals surface area contributed by atoms with Gasteiger partial charge in [0.2, 0.25) is 5.91 Å². The van der Waals surface area contributed by atoms with Crippen LogP contribution in [0.5, 0.6) is 0 Å². The number of ether oxygens (including phenoxy) is 1. The van der Waals surface area contributed by atoms with Crippen LogP contribution < -0.4 is 5.32 Å². The zero-order valence-electron chi connectivity index (χ0n) is 7.48. The van der Waals surface area contributed by atoms with Crippen LogP contribution in [0.15, 0.2) is 5.38 Å². The van der Waals surface area contributed by atoms with Crippen molar-refractivity contribution in [1.29, 1.82) is 0 Å². The number of aromatic nitrogens is 2. The van der Waals surface area contributed by atoms with E-state index in [1.54, 1.807) is 19.4 Å². The highest BCUT2D eigenvalue weighted by atomic mass is 32.1. The van der Waals surface area contributed by atoms with E-state index in [-0.39, 0.29) is 11.8 Å². The molecule has 1 rings (SSSR count). The molecule has 0 aliphatic carbocycles. The molecule has 1 aromatic rings. The second kappa shape index (κ2) is 4.88. The largest absolute Gasteiger partial charge is 0.384 e. The molecule has 5 nitrogen and oxygen atoms in total. The Labute approximate surface area is 80.3 Å². The van der Waals surface area contributed by atoms with Crippen molar-refractivity contribution in [3.8, 4) is 0 Å². The van der Waals surface area contributed by atoms with Crippen LogP contribution in [0.3, 0.4) is 0 Å². The Morgan fingerprint density at radius 1 is 1.85 bits per heavy atom. The van der Waals surface area contributed by atoms with Gasteiger partial charge >= 0.3 is 0 Å². The smallest absolute Gasteiger partial charge is 0.230 e. The van der Waals surface area contributed by atoms with Gasteiger partial charge in [0, 0.05) is 7.11 Å². The van der Waals surface area contributed by atoms with Crippen LogP contribution in [0, 0.1) is 5.92 Å². The molecule has 0 bridgehead atoms. The summed E-state index contributed by atoms with van der Waals surface area (Å²) in [5, 5.41) is 8.00. The van der Waals surface area contributed by atoms with Crippen molar-refractivity contribution in [2.75, 3.05) is 19.0 Å². The quantitative estimate of drug-likeness (QED) is 0.781. The van der Waals surface area contributed by atoms with Crippen LogP contribution in [0.25, 0.3) is 0 Å². The molecule has 1 atom stereocenters. The highest BCUT2D eigenvalue weighted by molar-refractivity contribution is 7.03. The SMILES string of the molecule is COCC(C)C(=O)Nc1csnn1. The van der Waals surface area contributed by atoms with E-state index < -0.39 is 0 Å². The first-order chi connectivity index (χ1) is 6.24. The molecule has 13 heavy (non-hydrogen) atoms. The summed E-state index contributed by atoms with van der Waals surface area (Å²) in [5.41, 5.74) is 0. The van der Waals surface area contributed by atoms with Gasteiger partial charge in [-0.1, -0.05) is 11.4 Å². The number of rotatable bonds is 4. The van der Waals surface area contributed by atoms with E-state index in [9.17, 15) is 4.79 Å². The lowest BCUT2D eigenvalue weighted by atomic mass is 10.2. The summed E-state index contributed by atoms with van der Waals surface area (Å²) in [6.45, 7) is 2.20. The molecule has 1 aromatic heterocycles. The Hall–Kier alpha value is -1.01. The van der Waals surface area contributed by atoms with Gasteiger partial charge in [-0.2, -0.15) is 0 Å². The Balaban J connectivity index is 2.41. The minimum absolute atomic E-state index is 0.102. The van der Waals surface area contributed by atoms with Gasteiger partial charge in [-0.05, 0) is 11.5 Å². The number of anilines is 1. The zero-order chi connectivity index (χ0) is 9.68. The maximum atomic E-state index is 11.3. The molecule has 1 heterocycles. The Morgan fingerprint density at radius 3 is 3.15 bits per heavy atom. The summed E-state index contributed by atoms with van der Waals surface area (Å²) in [6.07, 6.45) is 0. The van der Waals surface area contributed by atoms with Crippen molar-refractivity contribution in [3.63, 3.8) is 0 Å². The van der Waals surface area contributed by atoms with Crippen LogP contribution in [0.2, 0.25) is 0 Å². The monoisotopic (exact) mass is 201 g/mol. The van der Waals surface area contributed by atoms with Crippen molar-refractivity contribution in [2.45, 2.75) is 6.92 Å². The Morgan fingerprint density at radius 2 is 2.62 bits per heavy atom. The number of carbonyl (C=O) groups is 1. The van der Waals surface area contributed by atoms with E-state index >= 15 is 0 Å². The summed E-state index contributed by atoms with van der Waals surface area (Å²) in [6, 6.07) is 0. The van der Waals surface area contributed by atoms with Gasteiger partial charge in [0.05, 0.1) is 17.9 Å². The van der Waals surface area contributed by atoms with Crippen molar-refractivity contribution >= 4 is 23.3 Å². The minimum atomic E-state index is -0.174. The van der Waals surface area contributed by atoms with Gasteiger partial charge in [-0.3, -0.25) is 4.79 Å². The fraction of sp³-hybridized carbons (Fsp3) is 0.571. The number of hydrogen-bond donors (Lipinski definition) is 1. The lowest BCUT2D eigenvalue weighted by Crippen LogP contribution is -2.23. The lowest BCUT2D eigenvalue weighted by molar-refractivity contribution is -0.120. The van der Waals surface area contributed by atoms with Gasteiger partial charge < -0.3 is 10.1 Å². The molecule has 1 N–H and O–H groups in total. The van der Waals surface area contributed by atoms with E-state index in [2.05, 4.69) is 14.9 Å². The van der Waals surface area contributed by atoms with Crippen LogP contribution in [0.4, 0.5) is 5.82 Å². The molecule has 1 amide bonds. The van der Waals surface area contributed by atoms with Crippen LogP contribution in [-0.4, -0.2) is 29.2 Å². The van der Waals surface area contributed by atoms with Gasteiger partial charge in [0.1, 0.15) is 0 Å². The van der Waals surface area contributed by atoms with Crippen LogP contribution in [-0.2, 0) is 9.53 Å². The highest BCUT2D eigenvalue weighted by Gasteiger charge is 2.13. The van der Waals surface area contributed by atoms with Gasteiger partial charge in [0.25, 0.3) is 0 Å². The second-order valence-electron chi connectivity index (χ2n) is 2.64. The molecule has 0 saturated carbocycles. The molecular weight excluding hydrogens is 190 g/mol. The summed E-state index contributed by atoms with van der Waals surface area (Å²) in [4.78, 5) is 11.3. The molecule has 0 aliphatic heterocycles. The molecule has 0 fully saturated rings. The first-order valence-electron chi connectivity index (χ1n) is 3.81. The second-order valence-corrected chi connectivity index (χ2v) is 3.25. The average molecular weight is 201 g/mol. The van der Waals surface area contributed by atoms with Crippen LogP contribution >= 0.6 is 11.5 Å². The number of carbonyl (C=O) groups excluding carboxylic acids is 1. The topological polar surface area (TPSA) is 64.1 Å². The molecule has 1 unspecified atom stereocenters. The molecule has 0 aliphatic rings. The molecular formula is C7H11N3O2S. The molecule has 6 heteroatoms. The predicted molar refractivity (Wildman–Crippen MR) is 49.6 cm³/mol. The number of methoxy groups -OCH3 is 1. The van der Waals surface area contributed by atoms with E-state index in [0.717, 1.165) is 0 Å². The molecule has 0 aromatic carbocycles. The van der Waals surface area contributed by atoms with Gasteiger partial charge in [0.15, 0.2) is 5.82 Å². The maximum absolute atomic E-state index is 11.3. The third kappa shape index (κ3) is 3.08. The summed E-state index contributed by atoms with van der Waals surface area (Å²) >= 11 is 1.20. The van der Waals surface area contributed by atoms with Gasteiger partial charge in [-0.25, -0.2) is 0 Å². The maximum Gasteiger partial charge on any atom is 0.230 e. The highest BCUT2D eigenvalue weighted by Crippen LogP contribution is 2.06. The van der Waals surface area contributed by atoms with E-state index in [1.807, 2.05) is 0 Å². The zero-order valence-corrected chi connectivity index (χ0v) is 8.30. The van der Waals surface area contributed by atoms with Crippen molar-refractivity contribution in [1.82, 2.24) is 9.59 Å². The molecule has 0 spiro atoms. The molecule has 72 valence electrons. The van der Waals surface area contributed by atoms with Crippen molar-refractivity contribution < 1.29 is 9.53 Å². The lowest BCUT2D eigenvalue weighted by Gasteiger charge is -2.08. The molecule has 0 radical (unpaired) electrons. The number of nitrogens with zero attached hydrogens (tertiary/aromatic N) is 2. The number of hydrogen-bond acceptors (Lipinski definition) is 5. The van der Waals surface area contributed by atoms with Crippen molar-refractivity contribution in [2.24, 2.45) is 5.92 Å². The normalized spacial score (nSPS) is 12.5. The third-order valence-corrected chi connectivity index (χ3v) is 1.98. The fourth-order valence-corrected chi connectivity index (χ4v) is 1.18. The summed E-state index contributed by atoms with van der Waals surface area (Å²) in [5.74, 6) is 0.221. The minimum Gasteiger partial charge on any atom is -0.384 e. The van der Waals surface area contributed by atoms with E-state index in [0.29, 0.717) is 12.4 Å². The average Bonchev–Trinajstić information content (AvgIpc) is 2.57. The Bertz CT molecular complexity index is 263.